The van der Waals surface area contributed by atoms with Crippen LogP contribution >= 0.6 is 11.6 Å². The molecule has 1 aromatic heterocycles. The fraction of sp³-hybridized carbons (Fsp3) is 0.111. The number of hydrogen-bond acceptors (Lipinski definition) is 2. The summed E-state index contributed by atoms with van der Waals surface area (Å²) >= 11 is 5.54. The number of halogens is 4. The van der Waals surface area contributed by atoms with Crippen molar-refractivity contribution in [2.45, 2.75) is 6.55 Å². The van der Waals surface area contributed by atoms with Gasteiger partial charge in [-0.25, -0.2) is 9.37 Å². The van der Waals surface area contributed by atoms with Crippen LogP contribution in [-0.2, 0) is 0 Å². The third-order valence-corrected chi connectivity index (χ3v) is 2.24. The predicted octanol–water partition coefficient (Wildman–Crippen LogP) is 3.13. The van der Waals surface area contributed by atoms with Crippen LogP contribution in [0.3, 0.4) is 0 Å². The van der Waals surface area contributed by atoms with E-state index in [0.717, 1.165) is 6.33 Å². The van der Waals surface area contributed by atoms with Gasteiger partial charge in [-0.2, -0.15) is 18.6 Å². The molecule has 0 spiro atoms. The number of nitrogens with zero attached hydrogens (tertiary/aromatic N) is 3. The van der Waals surface area contributed by atoms with Gasteiger partial charge in [0.2, 0.25) is 0 Å². The van der Waals surface area contributed by atoms with Gasteiger partial charge in [0, 0.05) is 0 Å². The fourth-order valence-corrected chi connectivity index (χ4v) is 1.44. The first kappa shape index (κ1) is 10.9. The molecule has 7 heteroatoms. The van der Waals surface area contributed by atoms with Crippen LogP contribution in [0.2, 0.25) is 5.02 Å². The molecule has 0 N–H and O–H groups in total. The summed E-state index contributed by atoms with van der Waals surface area (Å²) < 4.78 is 38.8. The fourth-order valence-electron chi connectivity index (χ4n) is 1.26. The summed E-state index contributed by atoms with van der Waals surface area (Å²) in [5.74, 6) is -1.05. The summed E-state index contributed by atoms with van der Waals surface area (Å²) in [5.41, 5.74) is -0.106. The second-order valence-electron chi connectivity index (χ2n) is 2.91. The second-order valence-corrected chi connectivity index (χ2v) is 3.31. The SMILES string of the molecule is Fc1c(Cl)cccc1-c1ncnn1C(F)F. The Bertz CT molecular complexity index is 512. The van der Waals surface area contributed by atoms with E-state index in [1.165, 1.54) is 18.2 Å². The van der Waals surface area contributed by atoms with E-state index in [1.54, 1.807) is 0 Å². The van der Waals surface area contributed by atoms with Gasteiger partial charge < -0.3 is 0 Å². The molecular formula is C9H5ClF3N3. The van der Waals surface area contributed by atoms with Crippen molar-refractivity contribution in [1.82, 2.24) is 14.8 Å². The molecule has 0 saturated heterocycles. The molecule has 0 aliphatic carbocycles. The van der Waals surface area contributed by atoms with E-state index < -0.39 is 12.4 Å². The minimum atomic E-state index is -2.88. The average Bonchev–Trinajstić information content (AvgIpc) is 2.70. The highest BCUT2D eigenvalue weighted by Crippen LogP contribution is 2.27. The van der Waals surface area contributed by atoms with Crippen molar-refractivity contribution in [3.63, 3.8) is 0 Å². The molecule has 3 nitrogen and oxygen atoms in total. The maximum Gasteiger partial charge on any atom is 0.335 e. The molecule has 1 aromatic carbocycles. The molecule has 2 rings (SSSR count). The van der Waals surface area contributed by atoms with Gasteiger partial charge >= 0.3 is 6.55 Å². The van der Waals surface area contributed by atoms with Crippen molar-refractivity contribution in [2.24, 2.45) is 0 Å². The van der Waals surface area contributed by atoms with Crippen LogP contribution in [0.1, 0.15) is 6.55 Å². The van der Waals surface area contributed by atoms with Gasteiger partial charge in [0.05, 0.1) is 10.6 Å². The Hall–Kier alpha value is -1.56. The highest BCUT2D eigenvalue weighted by Gasteiger charge is 2.18. The molecule has 0 fully saturated rings. The third kappa shape index (κ3) is 1.76. The lowest BCUT2D eigenvalue weighted by Gasteiger charge is -2.05. The Morgan fingerprint density at radius 3 is 2.75 bits per heavy atom. The van der Waals surface area contributed by atoms with E-state index >= 15 is 0 Å². The smallest absolute Gasteiger partial charge is 0.215 e. The van der Waals surface area contributed by atoms with Crippen molar-refractivity contribution >= 4 is 11.6 Å². The van der Waals surface area contributed by atoms with E-state index in [9.17, 15) is 13.2 Å². The minimum absolute atomic E-state index is 0.106. The lowest BCUT2D eigenvalue weighted by molar-refractivity contribution is 0.0582. The molecule has 84 valence electrons. The zero-order valence-corrected chi connectivity index (χ0v) is 8.50. The van der Waals surface area contributed by atoms with Crippen molar-refractivity contribution in [3.05, 3.63) is 35.4 Å². The zero-order chi connectivity index (χ0) is 11.7. The standard InChI is InChI=1S/C9H5ClF3N3/c10-6-3-1-2-5(7(6)11)8-14-4-15-16(8)9(12)13/h1-4,9H. The largest absolute Gasteiger partial charge is 0.335 e. The Morgan fingerprint density at radius 2 is 2.06 bits per heavy atom. The number of rotatable bonds is 2. The van der Waals surface area contributed by atoms with Crippen LogP contribution in [0.5, 0.6) is 0 Å². The first-order chi connectivity index (χ1) is 7.61. The molecular weight excluding hydrogens is 243 g/mol. The Kier molecular flexibility index (Phi) is 2.82. The van der Waals surface area contributed by atoms with E-state index in [2.05, 4.69) is 10.1 Å². The summed E-state index contributed by atoms with van der Waals surface area (Å²) in [6.07, 6.45) is 0.932. The summed E-state index contributed by atoms with van der Waals surface area (Å²) in [6.45, 7) is -2.88. The molecule has 0 aliphatic heterocycles. The topological polar surface area (TPSA) is 30.7 Å². The van der Waals surface area contributed by atoms with E-state index in [4.69, 9.17) is 11.6 Å². The Morgan fingerprint density at radius 1 is 1.31 bits per heavy atom. The maximum absolute atomic E-state index is 13.6. The van der Waals surface area contributed by atoms with E-state index in [0.29, 0.717) is 4.68 Å². The Labute approximate surface area is 93.5 Å². The van der Waals surface area contributed by atoms with Gasteiger partial charge in [0.1, 0.15) is 6.33 Å². The van der Waals surface area contributed by atoms with Crippen LogP contribution in [0, 0.1) is 5.82 Å². The molecule has 0 radical (unpaired) electrons. The average molecular weight is 248 g/mol. The number of hydrogen-bond donors (Lipinski definition) is 0. The maximum atomic E-state index is 13.6. The summed E-state index contributed by atoms with van der Waals surface area (Å²) in [5, 5.41) is 3.16. The molecule has 0 unspecified atom stereocenters. The van der Waals surface area contributed by atoms with E-state index in [1.807, 2.05) is 0 Å². The lowest BCUT2D eigenvalue weighted by atomic mass is 10.2. The highest BCUT2D eigenvalue weighted by molar-refractivity contribution is 6.31. The van der Waals surface area contributed by atoms with Gasteiger partial charge in [-0.15, -0.1) is 0 Å². The lowest BCUT2D eigenvalue weighted by Crippen LogP contribution is -2.04. The van der Waals surface area contributed by atoms with Crippen LogP contribution in [0.4, 0.5) is 13.2 Å². The molecule has 0 aliphatic rings. The van der Waals surface area contributed by atoms with Crippen LogP contribution in [0.15, 0.2) is 24.5 Å². The highest BCUT2D eigenvalue weighted by atomic mass is 35.5. The molecule has 0 bridgehead atoms. The monoisotopic (exact) mass is 247 g/mol. The molecule has 0 atom stereocenters. The molecule has 0 saturated carbocycles. The van der Waals surface area contributed by atoms with Gasteiger partial charge in [0.25, 0.3) is 0 Å². The van der Waals surface area contributed by atoms with Crippen LogP contribution < -0.4 is 0 Å². The normalized spacial score (nSPS) is 11.1. The molecule has 2 aromatic rings. The van der Waals surface area contributed by atoms with Crippen LogP contribution in [0.25, 0.3) is 11.4 Å². The quantitative estimate of drug-likeness (QED) is 0.816. The number of benzene rings is 1. The summed E-state index contributed by atoms with van der Waals surface area (Å²) in [6, 6.07) is 4.08. The van der Waals surface area contributed by atoms with Crippen molar-refractivity contribution in [2.75, 3.05) is 0 Å². The number of alkyl halides is 2. The predicted molar refractivity (Wildman–Crippen MR) is 51.7 cm³/mol. The van der Waals surface area contributed by atoms with Crippen molar-refractivity contribution < 1.29 is 13.2 Å². The zero-order valence-electron chi connectivity index (χ0n) is 7.74. The van der Waals surface area contributed by atoms with Gasteiger partial charge in [-0.3, -0.25) is 0 Å². The molecule has 0 amide bonds. The van der Waals surface area contributed by atoms with Gasteiger partial charge in [-0.1, -0.05) is 17.7 Å². The first-order valence-corrected chi connectivity index (χ1v) is 4.61. The van der Waals surface area contributed by atoms with Gasteiger partial charge in [0.15, 0.2) is 11.6 Å². The molecule has 16 heavy (non-hydrogen) atoms. The van der Waals surface area contributed by atoms with E-state index in [-0.39, 0.29) is 16.4 Å². The van der Waals surface area contributed by atoms with Crippen LogP contribution in [-0.4, -0.2) is 14.8 Å². The second kappa shape index (κ2) is 4.13. The minimum Gasteiger partial charge on any atom is -0.215 e. The Balaban J connectivity index is 2.59. The first-order valence-electron chi connectivity index (χ1n) is 4.23. The summed E-state index contributed by atoms with van der Waals surface area (Å²) in [4.78, 5) is 3.58. The van der Waals surface area contributed by atoms with Crippen molar-refractivity contribution in [1.29, 1.82) is 0 Å². The number of aromatic nitrogens is 3. The summed E-state index contributed by atoms with van der Waals surface area (Å²) in [7, 11) is 0. The van der Waals surface area contributed by atoms with Crippen molar-refractivity contribution in [3.8, 4) is 11.4 Å². The molecule has 1 heterocycles. The third-order valence-electron chi connectivity index (χ3n) is 1.95. The van der Waals surface area contributed by atoms with Gasteiger partial charge in [-0.05, 0) is 12.1 Å².